The van der Waals surface area contributed by atoms with Crippen LogP contribution in [-0.2, 0) is 16.1 Å². The van der Waals surface area contributed by atoms with Gasteiger partial charge in [-0.25, -0.2) is 0 Å². The number of anilines is 1. The van der Waals surface area contributed by atoms with Crippen molar-refractivity contribution in [2.45, 2.75) is 32.7 Å². The minimum Gasteiger partial charge on any atom is -0.352 e. The smallest absolute Gasteiger partial charge is 0.227 e. The maximum Gasteiger partial charge on any atom is 0.227 e. The SMILES string of the molecule is CCC(CN)C(=O)NCc1ccc(N2CCCC2=O)cc1. The van der Waals surface area contributed by atoms with E-state index in [0.29, 0.717) is 19.5 Å². The van der Waals surface area contributed by atoms with Gasteiger partial charge < -0.3 is 16.0 Å². The Labute approximate surface area is 125 Å². The molecule has 2 amide bonds. The van der Waals surface area contributed by atoms with E-state index in [4.69, 9.17) is 5.73 Å². The molecule has 5 heteroatoms. The number of hydrogen-bond acceptors (Lipinski definition) is 3. The quantitative estimate of drug-likeness (QED) is 0.831. The summed E-state index contributed by atoms with van der Waals surface area (Å²) in [7, 11) is 0. The second kappa shape index (κ2) is 7.22. The Kier molecular flexibility index (Phi) is 5.33. The molecule has 5 nitrogen and oxygen atoms in total. The number of nitrogens with one attached hydrogen (secondary N) is 1. The molecule has 1 aromatic rings. The number of benzene rings is 1. The Hall–Kier alpha value is -1.88. The highest BCUT2D eigenvalue weighted by atomic mass is 16.2. The summed E-state index contributed by atoms with van der Waals surface area (Å²) < 4.78 is 0. The fraction of sp³-hybridized carbons (Fsp3) is 0.500. The van der Waals surface area contributed by atoms with Crippen molar-refractivity contribution < 1.29 is 9.59 Å². The second-order valence-electron chi connectivity index (χ2n) is 5.37. The van der Waals surface area contributed by atoms with E-state index in [2.05, 4.69) is 5.32 Å². The fourth-order valence-corrected chi connectivity index (χ4v) is 2.51. The van der Waals surface area contributed by atoms with E-state index in [0.717, 1.165) is 30.6 Å². The molecule has 1 fully saturated rings. The monoisotopic (exact) mass is 289 g/mol. The summed E-state index contributed by atoms with van der Waals surface area (Å²) in [6.45, 7) is 3.62. The maximum atomic E-state index is 11.9. The lowest BCUT2D eigenvalue weighted by atomic mass is 10.1. The number of nitrogens with zero attached hydrogens (tertiary/aromatic N) is 1. The van der Waals surface area contributed by atoms with Gasteiger partial charge in [-0.3, -0.25) is 9.59 Å². The third-order valence-corrected chi connectivity index (χ3v) is 3.94. The molecule has 1 heterocycles. The van der Waals surface area contributed by atoms with Crippen molar-refractivity contribution in [1.29, 1.82) is 0 Å². The molecule has 3 N–H and O–H groups in total. The van der Waals surface area contributed by atoms with Gasteiger partial charge in [-0.15, -0.1) is 0 Å². The van der Waals surface area contributed by atoms with Gasteiger partial charge in [0.05, 0.1) is 0 Å². The van der Waals surface area contributed by atoms with Crippen molar-refractivity contribution in [3.05, 3.63) is 29.8 Å². The lowest BCUT2D eigenvalue weighted by molar-refractivity contribution is -0.125. The van der Waals surface area contributed by atoms with Crippen LogP contribution in [-0.4, -0.2) is 24.9 Å². The predicted molar refractivity (Wildman–Crippen MR) is 82.7 cm³/mol. The van der Waals surface area contributed by atoms with E-state index in [-0.39, 0.29) is 17.7 Å². The first-order valence-electron chi connectivity index (χ1n) is 7.52. The zero-order valence-corrected chi connectivity index (χ0v) is 12.5. The third-order valence-electron chi connectivity index (χ3n) is 3.94. The van der Waals surface area contributed by atoms with Crippen molar-refractivity contribution >= 4 is 17.5 Å². The van der Waals surface area contributed by atoms with Crippen LogP contribution in [0.25, 0.3) is 0 Å². The normalized spacial score (nSPS) is 16.1. The minimum atomic E-state index is -0.119. The minimum absolute atomic E-state index is 0.00111. The topological polar surface area (TPSA) is 75.4 Å². The van der Waals surface area contributed by atoms with Gasteiger partial charge in [-0.1, -0.05) is 19.1 Å². The van der Waals surface area contributed by atoms with Gasteiger partial charge in [0, 0.05) is 37.7 Å². The van der Waals surface area contributed by atoms with Crippen molar-refractivity contribution in [1.82, 2.24) is 5.32 Å². The molecule has 0 bridgehead atoms. The van der Waals surface area contributed by atoms with Crippen molar-refractivity contribution in [2.75, 3.05) is 18.0 Å². The van der Waals surface area contributed by atoms with Crippen LogP contribution in [0.15, 0.2) is 24.3 Å². The Morgan fingerprint density at radius 3 is 2.62 bits per heavy atom. The van der Waals surface area contributed by atoms with E-state index in [1.54, 1.807) is 0 Å². The molecule has 1 unspecified atom stereocenters. The van der Waals surface area contributed by atoms with E-state index < -0.39 is 0 Å². The first-order valence-corrected chi connectivity index (χ1v) is 7.52. The summed E-state index contributed by atoms with van der Waals surface area (Å²) in [4.78, 5) is 25.3. The highest BCUT2D eigenvalue weighted by molar-refractivity contribution is 5.95. The van der Waals surface area contributed by atoms with E-state index in [9.17, 15) is 9.59 Å². The highest BCUT2D eigenvalue weighted by Crippen LogP contribution is 2.21. The van der Waals surface area contributed by atoms with Crippen LogP contribution in [0.2, 0.25) is 0 Å². The summed E-state index contributed by atoms with van der Waals surface area (Å²) in [5.41, 5.74) is 7.51. The van der Waals surface area contributed by atoms with Crippen LogP contribution in [0.1, 0.15) is 31.7 Å². The molecule has 1 aliphatic heterocycles. The zero-order valence-electron chi connectivity index (χ0n) is 12.5. The Morgan fingerprint density at radius 1 is 1.38 bits per heavy atom. The maximum absolute atomic E-state index is 11.9. The average Bonchev–Trinajstić information content (AvgIpc) is 2.93. The molecular formula is C16H23N3O2. The Bertz CT molecular complexity index is 495. The lowest BCUT2D eigenvalue weighted by Crippen LogP contribution is -2.34. The van der Waals surface area contributed by atoms with Crippen LogP contribution in [0.3, 0.4) is 0 Å². The van der Waals surface area contributed by atoms with Crippen LogP contribution in [0.4, 0.5) is 5.69 Å². The van der Waals surface area contributed by atoms with Crippen LogP contribution < -0.4 is 16.0 Å². The molecular weight excluding hydrogens is 266 g/mol. The predicted octanol–water partition coefficient (Wildman–Crippen LogP) is 1.41. The van der Waals surface area contributed by atoms with Crippen molar-refractivity contribution in [3.63, 3.8) is 0 Å². The first kappa shape index (κ1) is 15.5. The first-order chi connectivity index (χ1) is 10.2. The van der Waals surface area contributed by atoms with E-state index in [1.807, 2.05) is 36.1 Å². The Balaban J connectivity index is 1.91. The van der Waals surface area contributed by atoms with Gasteiger partial charge in [0.1, 0.15) is 0 Å². The molecule has 0 spiro atoms. The fourth-order valence-electron chi connectivity index (χ4n) is 2.51. The largest absolute Gasteiger partial charge is 0.352 e. The van der Waals surface area contributed by atoms with Crippen LogP contribution in [0, 0.1) is 5.92 Å². The Morgan fingerprint density at radius 2 is 2.10 bits per heavy atom. The molecule has 0 aliphatic carbocycles. The van der Waals surface area contributed by atoms with Gasteiger partial charge in [0.25, 0.3) is 0 Å². The molecule has 0 aromatic heterocycles. The molecule has 2 rings (SSSR count). The van der Waals surface area contributed by atoms with Gasteiger partial charge in [-0.05, 0) is 30.5 Å². The molecule has 0 saturated carbocycles. The molecule has 1 saturated heterocycles. The number of rotatable bonds is 6. The number of hydrogen-bond donors (Lipinski definition) is 2. The summed E-state index contributed by atoms with van der Waals surface area (Å²) in [6, 6.07) is 7.77. The highest BCUT2D eigenvalue weighted by Gasteiger charge is 2.21. The van der Waals surface area contributed by atoms with E-state index in [1.165, 1.54) is 0 Å². The molecule has 0 radical (unpaired) electrons. The number of nitrogens with two attached hydrogens (primary N) is 1. The standard InChI is InChI=1S/C16H23N3O2/c1-2-13(10-17)16(21)18-11-12-5-7-14(8-6-12)19-9-3-4-15(19)20/h5-8,13H,2-4,9-11,17H2,1H3,(H,18,21). The van der Waals surface area contributed by atoms with Crippen molar-refractivity contribution in [2.24, 2.45) is 11.7 Å². The third kappa shape index (κ3) is 3.82. The van der Waals surface area contributed by atoms with E-state index >= 15 is 0 Å². The van der Waals surface area contributed by atoms with Gasteiger partial charge >= 0.3 is 0 Å². The number of carbonyl (C=O) groups excluding carboxylic acids is 2. The van der Waals surface area contributed by atoms with Crippen LogP contribution >= 0.6 is 0 Å². The molecule has 1 aliphatic rings. The average molecular weight is 289 g/mol. The molecule has 21 heavy (non-hydrogen) atoms. The van der Waals surface area contributed by atoms with Crippen molar-refractivity contribution in [3.8, 4) is 0 Å². The molecule has 114 valence electrons. The summed E-state index contributed by atoms with van der Waals surface area (Å²) in [6.07, 6.45) is 2.31. The zero-order chi connectivity index (χ0) is 15.2. The summed E-state index contributed by atoms with van der Waals surface area (Å²) in [5.74, 6) is 0.0649. The van der Waals surface area contributed by atoms with Gasteiger partial charge in [-0.2, -0.15) is 0 Å². The van der Waals surface area contributed by atoms with Gasteiger partial charge in [0.2, 0.25) is 11.8 Å². The molecule has 1 aromatic carbocycles. The number of carbonyl (C=O) groups is 2. The van der Waals surface area contributed by atoms with Gasteiger partial charge in [0.15, 0.2) is 0 Å². The summed E-state index contributed by atoms with van der Waals surface area (Å²) >= 11 is 0. The second-order valence-corrected chi connectivity index (χ2v) is 5.37. The van der Waals surface area contributed by atoms with Crippen LogP contribution in [0.5, 0.6) is 0 Å². The lowest BCUT2D eigenvalue weighted by Gasteiger charge is -2.16. The molecule has 1 atom stereocenters. The number of amides is 2. The summed E-state index contributed by atoms with van der Waals surface area (Å²) in [5, 5.41) is 2.90.